The summed E-state index contributed by atoms with van der Waals surface area (Å²) >= 11 is 0. The third-order valence-corrected chi connectivity index (χ3v) is 6.14. The normalized spacial score (nSPS) is 17.2. The first kappa shape index (κ1) is 26.4. The van der Waals surface area contributed by atoms with E-state index in [0.717, 1.165) is 12.1 Å². The van der Waals surface area contributed by atoms with E-state index in [1.807, 2.05) is 4.90 Å². The monoisotopic (exact) mass is 519 g/mol. The van der Waals surface area contributed by atoms with Gasteiger partial charge < -0.3 is 24.6 Å². The zero-order valence-electron chi connectivity index (χ0n) is 21.5. The Morgan fingerprint density at radius 1 is 1.08 bits per heavy atom. The minimum absolute atomic E-state index is 0.0721. The molecule has 2 aromatic rings. The van der Waals surface area contributed by atoms with Crippen LogP contribution in [0.2, 0.25) is 0 Å². The highest BCUT2D eigenvalue weighted by atomic mass is 19.2. The van der Waals surface area contributed by atoms with Gasteiger partial charge in [-0.1, -0.05) is 6.07 Å². The van der Waals surface area contributed by atoms with E-state index < -0.39 is 34.6 Å². The van der Waals surface area contributed by atoms with Crippen molar-refractivity contribution in [1.82, 2.24) is 19.8 Å². The van der Waals surface area contributed by atoms with Gasteiger partial charge in [0.15, 0.2) is 11.6 Å². The van der Waals surface area contributed by atoms with E-state index >= 15 is 0 Å². The number of nitrogens with zero attached hydrogens (tertiary/aromatic N) is 4. The fourth-order valence-corrected chi connectivity index (χ4v) is 4.46. The van der Waals surface area contributed by atoms with E-state index in [2.05, 4.69) is 10.3 Å². The zero-order valence-corrected chi connectivity index (χ0v) is 21.5. The molecule has 1 atom stereocenters. The number of halogens is 2. The van der Waals surface area contributed by atoms with Crippen molar-refractivity contribution in [3.05, 3.63) is 51.9 Å². The Hall–Kier alpha value is -3.70. The number of piperazine rings is 1. The second kappa shape index (κ2) is 9.64. The number of carbonyl (C=O) groups is 2. The van der Waals surface area contributed by atoms with Crippen LogP contribution in [-0.4, -0.2) is 63.3 Å². The number of amides is 2. The number of ether oxygens (including phenoxy) is 2. The Balaban J connectivity index is 1.42. The molecule has 1 aromatic heterocycles. The van der Waals surface area contributed by atoms with Crippen LogP contribution in [0.15, 0.2) is 29.1 Å². The van der Waals surface area contributed by atoms with Crippen molar-refractivity contribution >= 4 is 17.8 Å². The van der Waals surface area contributed by atoms with Crippen LogP contribution >= 0.6 is 0 Å². The molecule has 1 saturated heterocycles. The summed E-state index contributed by atoms with van der Waals surface area (Å²) in [5, 5.41) is 2.65. The number of hydrogen-bond donors (Lipinski definition) is 1. The fraction of sp³-hybridized carbons (Fsp3) is 0.520. The summed E-state index contributed by atoms with van der Waals surface area (Å²) in [5.74, 6) is -1.51. The molecular weight excluding hydrogens is 488 g/mol. The van der Waals surface area contributed by atoms with Gasteiger partial charge in [0.1, 0.15) is 23.6 Å². The maximum atomic E-state index is 13.5. The van der Waals surface area contributed by atoms with Crippen molar-refractivity contribution in [2.24, 2.45) is 0 Å². The second-order valence-electron chi connectivity index (χ2n) is 10.7. The Morgan fingerprint density at radius 3 is 2.49 bits per heavy atom. The number of hydrogen-bond acceptors (Lipinski definition) is 7. The molecule has 3 heterocycles. The Morgan fingerprint density at radius 2 is 1.81 bits per heavy atom. The number of anilines is 1. The average Bonchev–Trinajstić information content (AvgIpc) is 3.16. The van der Waals surface area contributed by atoms with Gasteiger partial charge in [-0.3, -0.25) is 9.36 Å². The zero-order chi connectivity index (χ0) is 27.1. The molecule has 200 valence electrons. The van der Waals surface area contributed by atoms with Crippen LogP contribution in [0.1, 0.15) is 40.2 Å². The first-order chi connectivity index (χ1) is 17.2. The molecule has 1 unspecified atom stereocenters. The molecular formula is C25H31F2N5O5. The summed E-state index contributed by atoms with van der Waals surface area (Å²) in [6.07, 6.45) is -0.675. The van der Waals surface area contributed by atoms with Crippen LogP contribution < -0.4 is 20.6 Å². The summed E-state index contributed by atoms with van der Waals surface area (Å²) in [7, 11) is 0. The van der Waals surface area contributed by atoms with Crippen molar-refractivity contribution in [3.8, 4) is 5.88 Å². The molecule has 12 heteroatoms. The second-order valence-corrected chi connectivity index (χ2v) is 10.7. The Labute approximate surface area is 213 Å². The fourth-order valence-electron chi connectivity index (χ4n) is 4.46. The third kappa shape index (κ3) is 5.83. The van der Waals surface area contributed by atoms with Crippen LogP contribution in [-0.2, 0) is 22.7 Å². The number of benzene rings is 1. The van der Waals surface area contributed by atoms with Crippen molar-refractivity contribution in [2.75, 3.05) is 24.5 Å². The molecule has 10 nitrogen and oxygen atoms in total. The molecule has 1 aromatic carbocycles. The SMILES string of the molecule is CC(C)(C)OC(=O)NC(C)(C)C(=O)N1CCN2c3cc(OCc4ccc(F)c(F)c4)nc(=O)n3CC2C1. The highest BCUT2D eigenvalue weighted by Gasteiger charge is 2.41. The Kier molecular flexibility index (Phi) is 6.87. The lowest BCUT2D eigenvalue weighted by atomic mass is 10.0. The van der Waals surface area contributed by atoms with Crippen LogP contribution in [0.5, 0.6) is 5.88 Å². The van der Waals surface area contributed by atoms with Crippen molar-refractivity contribution in [1.29, 1.82) is 0 Å². The number of rotatable bonds is 5. The van der Waals surface area contributed by atoms with Crippen molar-refractivity contribution in [3.63, 3.8) is 0 Å². The number of aromatic nitrogens is 2. The molecule has 0 radical (unpaired) electrons. The molecule has 37 heavy (non-hydrogen) atoms. The van der Waals surface area contributed by atoms with Crippen LogP contribution in [0.4, 0.5) is 19.4 Å². The van der Waals surface area contributed by atoms with E-state index in [1.54, 1.807) is 45.6 Å². The molecule has 2 amide bonds. The molecule has 0 spiro atoms. The third-order valence-electron chi connectivity index (χ3n) is 6.14. The van der Waals surface area contributed by atoms with Gasteiger partial charge in [-0.05, 0) is 52.3 Å². The van der Waals surface area contributed by atoms with Crippen molar-refractivity contribution in [2.45, 2.75) is 65.0 Å². The lowest BCUT2D eigenvalue weighted by Gasteiger charge is -2.41. The summed E-state index contributed by atoms with van der Waals surface area (Å²) in [4.78, 5) is 45.8. The first-order valence-corrected chi connectivity index (χ1v) is 12.0. The highest BCUT2D eigenvalue weighted by molar-refractivity contribution is 5.89. The smallest absolute Gasteiger partial charge is 0.408 e. The quantitative estimate of drug-likeness (QED) is 0.647. The summed E-state index contributed by atoms with van der Waals surface area (Å²) in [6, 6.07) is 4.90. The predicted molar refractivity (Wildman–Crippen MR) is 130 cm³/mol. The van der Waals surface area contributed by atoms with E-state index in [4.69, 9.17) is 9.47 Å². The van der Waals surface area contributed by atoms with Gasteiger partial charge in [-0.2, -0.15) is 4.98 Å². The summed E-state index contributed by atoms with van der Waals surface area (Å²) in [5.41, 5.74) is -1.98. The molecule has 4 rings (SSSR count). The van der Waals surface area contributed by atoms with Crippen LogP contribution in [0.25, 0.3) is 0 Å². The van der Waals surface area contributed by atoms with Crippen LogP contribution in [0.3, 0.4) is 0 Å². The van der Waals surface area contributed by atoms with Gasteiger partial charge in [-0.15, -0.1) is 0 Å². The molecule has 2 aliphatic rings. The Bertz CT molecular complexity index is 1270. The predicted octanol–water partition coefficient (Wildman–Crippen LogP) is 2.43. The maximum absolute atomic E-state index is 13.5. The van der Waals surface area contributed by atoms with Gasteiger partial charge in [0.05, 0.1) is 12.6 Å². The summed E-state index contributed by atoms with van der Waals surface area (Å²) < 4.78 is 39.0. The van der Waals surface area contributed by atoms with Gasteiger partial charge in [0.25, 0.3) is 0 Å². The molecule has 1 N–H and O–H groups in total. The topological polar surface area (TPSA) is 106 Å². The van der Waals surface area contributed by atoms with E-state index in [-0.39, 0.29) is 24.4 Å². The number of nitrogens with one attached hydrogen (secondary N) is 1. The van der Waals surface area contributed by atoms with Gasteiger partial charge >= 0.3 is 11.8 Å². The minimum atomic E-state index is -1.19. The van der Waals surface area contributed by atoms with Gasteiger partial charge in [0.2, 0.25) is 11.8 Å². The van der Waals surface area contributed by atoms with Gasteiger partial charge in [-0.25, -0.2) is 18.4 Å². The van der Waals surface area contributed by atoms with Crippen molar-refractivity contribution < 1.29 is 27.8 Å². The van der Waals surface area contributed by atoms with Crippen LogP contribution in [0, 0.1) is 11.6 Å². The standard InChI is InChI=1S/C25H31F2N5O5/c1-24(2,3)37-23(35)29-25(4,5)21(33)30-8-9-31-16(12-30)13-32-20(31)11-19(28-22(32)34)36-14-15-6-7-17(26)18(27)10-15/h6-7,10-11,16H,8-9,12-14H2,1-5H3,(H,29,35). The van der Waals surface area contributed by atoms with E-state index in [1.165, 1.54) is 10.6 Å². The van der Waals surface area contributed by atoms with Gasteiger partial charge in [0, 0.05) is 25.7 Å². The molecule has 0 saturated carbocycles. The first-order valence-electron chi connectivity index (χ1n) is 12.0. The molecule has 0 aliphatic carbocycles. The average molecular weight is 520 g/mol. The number of carbonyl (C=O) groups excluding carboxylic acids is 2. The number of alkyl carbamates (subject to hydrolysis) is 1. The summed E-state index contributed by atoms with van der Waals surface area (Å²) in [6.45, 7) is 9.94. The largest absolute Gasteiger partial charge is 0.473 e. The lowest BCUT2D eigenvalue weighted by Crippen LogP contribution is -2.62. The maximum Gasteiger partial charge on any atom is 0.408 e. The number of fused-ring (bicyclic) bond motifs is 3. The lowest BCUT2D eigenvalue weighted by molar-refractivity contribution is -0.137. The highest BCUT2D eigenvalue weighted by Crippen LogP contribution is 2.30. The molecule has 1 fully saturated rings. The van der Waals surface area contributed by atoms with E-state index in [0.29, 0.717) is 37.6 Å². The minimum Gasteiger partial charge on any atom is -0.473 e. The van der Waals surface area contributed by atoms with E-state index in [9.17, 15) is 23.2 Å². The molecule has 2 aliphatic heterocycles. The molecule has 0 bridgehead atoms.